The molecular formula is C8H12N4. The summed E-state index contributed by atoms with van der Waals surface area (Å²) >= 11 is 0. The molecule has 12 heavy (non-hydrogen) atoms. The molecular weight excluding hydrogens is 152 g/mol. The van der Waals surface area contributed by atoms with E-state index in [-0.39, 0.29) is 0 Å². The van der Waals surface area contributed by atoms with Gasteiger partial charge in [-0.2, -0.15) is 5.10 Å². The van der Waals surface area contributed by atoms with Crippen LogP contribution in [0.25, 0.3) is 0 Å². The van der Waals surface area contributed by atoms with E-state index in [1.807, 2.05) is 13.0 Å². The van der Waals surface area contributed by atoms with Crippen molar-refractivity contribution in [1.29, 1.82) is 0 Å². The molecule has 2 unspecified atom stereocenters. The molecule has 4 heteroatoms. The minimum absolute atomic E-state index is 0.298. The standard InChI is InChI=1S/C8H12N4/c1-5-2-8(12-10-4-5)11-7-3-6(7)9/h2,4,6-7H,3,9H2,1H3,(H,11,12). The van der Waals surface area contributed by atoms with Crippen LogP contribution in [-0.4, -0.2) is 22.3 Å². The predicted octanol–water partition coefficient (Wildman–Crippen LogP) is 0.297. The summed E-state index contributed by atoms with van der Waals surface area (Å²) < 4.78 is 0. The van der Waals surface area contributed by atoms with Crippen LogP contribution in [-0.2, 0) is 0 Å². The summed E-state index contributed by atoms with van der Waals surface area (Å²) in [5, 5.41) is 11.0. The summed E-state index contributed by atoms with van der Waals surface area (Å²) in [5.41, 5.74) is 6.75. The van der Waals surface area contributed by atoms with Gasteiger partial charge in [-0.15, -0.1) is 5.10 Å². The molecule has 0 radical (unpaired) electrons. The Balaban J connectivity index is 2.03. The molecule has 0 bridgehead atoms. The van der Waals surface area contributed by atoms with Gasteiger partial charge in [0.25, 0.3) is 0 Å². The fraction of sp³-hybridized carbons (Fsp3) is 0.500. The Labute approximate surface area is 71.2 Å². The Morgan fingerprint density at radius 1 is 1.67 bits per heavy atom. The maximum atomic E-state index is 5.64. The Morgan fingerprint density at radius 3 is 3.00 bits per heavy atom. The third kappa shape index (κ3) is 1.53. The smallest absolute Gasteiger partial charge is 0.149 e. The van der Waals surface area contributed by atoms with Crippen molar-refractivity contribution in [3.05, 3.63) is 17.8 Å². The van der Waals surface area contributed by atoms with E-state index in [0.717, 1.165) is 17.8 Å². The van der Waals surface area contributed by atoms with Crippen LogP contribution in [0.1, 0.15) is 12.0 Å². The van der Waals surface area contributed by atoms with Crippen molar-refractivity contribution in [3.8, 4) is 0 Å². The molecule has 64 valence electrons. The van der Waals surface area contributed by atoms with Crippen molar-refractivity contribution < 1.29 is 0 Å². The van der Waals surface area contributed by atoms with E-state index in [1.54, 1.807) is 6.20 Å². The predicted molar refractivity (Wildman–Crippen MR) is 46.8 cm³/mol. The fourth-order valence-electron chi connectivity index (χ4n) is 1.11. The van der Waals surface area contributed by atoms with Crippen molar-refractivity contribution in [2.45, 2.75) is 25.4 Å². The second-order valence-electron chi connectivity index (χ2n) is 3.27. The SMILES string of the molecule is Cc1cnnc(NC2CC2N)c1. The van der Waals surface area contributed by atoms with Crippen molar-refractivity contribution in [3.63, 3.8) is 0 Å². The Bertz CT molecular complexity index is 286. The quantitative estimate of drug-likeness (QED) is 0.659. The van der Waals surface area contributed by atoms with E-state index in [4.69, 9.17) is 5.73 Å². The molecule has 1 fully saturated rings. The number of nitrogens with two attached hydrogens (primary N) is 1. The summed E-state index contributed by atoms with van der Waals surface area (Å²) in [5.74, 6) is 0.827. The molecule has 1 aromatic heterocycles. The van der Waals surface area contributed by atoms with Crippen molar-refractivity contribution in [1.82, 2.24) is 10.2 Å². The first-order valence-electron chi connectivity index (χ1n) is 4.07. The van der Waals surface area contributed by atoms with Crippen LogP contribution in [0.15, 0.2) is 12.3 Å². The molecule has 0 amide bonds. The highest BCUT2D eigenvalue weighted by Crippen LogP contribution is 2.22. The molecule has 1 aliphatic carbocycles. The lowest BCUT2D eigenvalue weighted by Gasteiger charge is -2.02. The van der Waals surface area contributed by atoms with Gasteiger partial charge in [0.15, 0.2) is 0 Å². The average molecular weight is 164 g/mol. The average Bonchev–Trinajstić information content (AvgIpc) is 2.66. The van der Waals surface area contributed by atoms with Crippen LogP contribution in [0.2, 0.25) is 0 Å². The number of nitrogens with one attached hydrogen (secondary N) is 1. The van der Waals surface area contributed by atoms with Gasteiger partial charge in [0.1, 0.15) is 5.82 Å². The molecule has 1 aromatic rings. The zero-order valence-electron chi connectivity index (χ0n) is 6.99. The molecule has 4 nitrogen and oxygen atoms in total. The summed E-state index contributed by atoms with van der Waals surface area (Å²) in [4.78, 5) is 0. The van der Waals surface area contributed by atoms with Crippen LogP contribution in [0.3, 0.4) is 0 Å². The van der Waals surface area contributed by atoms with Crippen molar-refractivity contribution in [2.24, 2.45) is 5.73 Å². The third-order valence-corrected chi connectivity index (χ3v) is 1.96. The zero-order chi connectivity index (χ0) is 8.55. The number of anilines is 1. The minimum Gasteiger partial charge on any atom is -0.364 e. The first kappa shape index (κ1) is 7.49. The number of hydrogen-bond donors (Lipinski definition) is 2. The molecule has 0 spiro atoms. The van der Waals surface area contributed by atoms with Gasteiger partial charge < -0.3 is 11.1 Å². The van der Waals surface area contributed by atoms with Gasteiger partial charge in [0.2, 0.25) is 0 Å². The van der Waals surface area contributed by atoms with E-state index in [1.165, 1.54) is 0 Å². The van der Waals surface area contributed by atoms with Gasteiger partial charge in [0, 0.05) is 12.1 Å². The van der Waals surface area contributed by atoms with Crippen LogP contribution in [0.4, 0.5) is 5.82 Å². The van der Waals surface area contributed by atoms with E-state index < -0.39 is 0 Å². The first-order valence-corrected chi connectivity index (χ1v) is 4.07. The summed E-state index contributed by atoms with van der Waals surface area (Å²) in [6.07, 6.45) is 2.77. The molecule has 2 rings (SSSR count). The molecule has 0 aliphatic heterocycles. The second kappa shape index (κ2) is 2.71. The van der Waals surface area contributed by atoms with Crippen molar-refractivity contribution >= 4 is 5.82 Å². The normalized spacial score (nSPS) is 26.8. The maximum absolute atomic E-state index is 5.64. The minimum atomic E-state index is 0.298. The Hall–Kier alpha value is -1.16. The first-order chi connectivity index (χ1) is 5.75. The number of rotatable bonds is 2. The lowest BCUT2D eigenvalue weighted by molar-refractivity contribution is 0.957. The van der Waals surface area contributed by atoms with Crippen LogP contribution >= 0.6 is 0 Å². The van der Waals surface area contributed by atoms with E-state index >= 15 is 0 Å². The molecule has 2 atom stereocenters. The number of hydrogen-bond acceptors (Lipinski definition) is 4. The number of nitrogens with zero attached hydrogens (tertiary/aromatic N) is 2. The molecule has 1 aliphatic rings. The highest BCUT2D eigenvalue weighted by atomic mass is 15.2. The van der Waals surface area contributed by atoms with Gasteiger partial charge in [-0.3, -0.25) is 0 Å². The van der Waals surface area contributed by atoms with Crippen LogP contribution in [0, 0.1) is 6.92 Å². The number of aryl methyl sites for hydroxylation is 1. The highest BCUT2D eigenvalue weighted by Gasteiger charge is 2.33. The third-order valence-electron chi connectivity index (χ3n) is 1.96. The summed E-state index contributed by atoms with van der Waals surface area (Å²) in [6, 6.07) is 2.67. The summed E-state index contributed by atoms with van der Waals surface area (Å²) in [6.45, 7) is 1.99. The zero-order valence-corrected chi connectivity index (χ0v) is 6.99. The molecule has 1 saturated carbocycles. The molecule has 1 heterocycles. The van der Waals surface area contributed by atoms with Crippen LogP contribution in [0.5, 0.6) is 0 Å². The largest absolute Gasteiger partial charge is 0.364 e. The molecule has 3 N–H and O–H groups in total. The van der Waals surface area contributed by atoms with E-state index in [0.29, 0.717) is 12.1 Å². The molecule has 0 saturated heterocycles. The lowest BCUT2D eigenvalue weighted by Crippen LogP contribution is -2.14. The van der Waals surface area contributed by atoms with Gasteiger partial charge >= 0.3 is 0 Å². The maximum Gasteiger partial charge on any atom is 0.149 e. The molecule has 0 aromatic carbocycles. The Kier molecular flexibility index (Phi) is 1.69. The monoisotopic (exact) mass is 164 g/mol. The summed E-state index contributed by atoms with van der Waals surface area (Å²) in [7, 11) is 0. The van der Waals surface area contributed by atoms with Gasteiger partial charge in [-0.1, -0.05) is 0 Å². The lowest BCUT2D eigenvalue weighted by atomic mass is 10.3. The number of aromatic nitrogens is 2. The van der Waals surface area contributed by atoms with Crippen molar-refractivity contribution in [2.75, 3.05) is 5.32 Å². The van der Waals surface area contributed by atoms with Gasteiger partial charge in [0.05, 0.1) is 6.20 Å². The van der Waals surface area contributed by atoms with E-state index in [9.17, 15) is 0 Å². The van der Waals surface area contributed by atoms with E-state index in [2.05, 4.69) is 15.5 Å². The van der Waals surface area contributed by atoms with Crippen LogP contribution < -0.4 is 11.1 Å². The van der Waals surface area contributed by atoms with Gasteiger partial charge in [-0.25, -0.2) is 0 Å². The fourth-order valence-corrected chi connectivity index (χ4v) is 1.11. The topological polar surface area (TPSA) is 63.8 Å². The highest BCUT2D eigenvalue weighted by molar-refractivity contribution is 5.38. The van der Waals surface area contributed by atoms with Gasteiger partial charge in [-0.05, 0) is 25.0 Å². The Morgan fingerprint density at radius 2 is 2.42 bits per heavy atom. The second-order valence-corrected chi connectivity index (χ2v) is 3.27.